The number of aromatic nitrogens is 4. The van der Waals surface area contributed by atoms with Gasteiger partial charge in [-0.2, -0.15) is 5.10 Å². The zero-order valence-corrected chi connectivity index (χ0v) is 16.6. The predicted octanol–water partition coefficient (Wildman–Crippen LogP) is 5.21. The van der Waals surface area contributed by atoms with E-state index in [2.05, 4.69) is 20.4 Å². The van der Waals surface area contributed by atoms with Crippen LogP contribution in [0.15, 0.2) is 55.0 Å². The quantitative estimate of drug-likeness (QED) is 0.471. The number of hydrogen-bond donors (Lipinski definition) is 1. The summed E-state index contributed by atoms with van der Waals surface area (Å²) in [6.07, 6.45) is 5.35. The third-order valence-corrected chi connectivity index (χ3v) is 4.75. The highest BCUT2D eigenvalue weighted by Gasteiger charge is 2.14. The van der Waals surface area contributed by atoms with Gasteiger partial charge in [-0.1, -0.05) is 11.6 Å². The van der Waals surface area contributed by atoms with Crippen LogP contribution in [0.4, 0.5) is 11.5 Å². The van der Waals surface area contributed by atoms with Gasteiger partial charge in [0.05, 0.1) is 17.6 Å². The molecule has 0 saturated carbocycles. The molecule has 1 aromatic carbocycles. The number of fused-ring (bicyclic) bond motifs is 1. The van der Waals surface area contributed by atoms with E-state index in [1.54, 1.807) is 23.1 Å². The summed E-state index contributed by atoms with van der Waals surface area (Å²) in [5.41, 5.74) is 2.88. The van der Waals surface area contributed by atoms with Crippen molar-refractivity contribution < 1.29 is 4.74 Å². The third-order valence-electron chi connectivity index (χ3n) is 4.53. The van der Waals surface area contributed by atoms with Crippen molar-refractivity contribution in [3.05, 3.63) is 71.4 Å². The maximum atomic E-state index is 6.16. The molecule has 0 aliphatic rings. The van der Waals surface area contributed by atoms with Crippen molar-refractivity contribution in [3.8, 4) is 5.75 Å². The Balaban J connectivity index is 1.59. The molecule has 0 amide bonds. The average Bonchev–Trinajstić information content (AvgIpc) is 3.02. The van der Waals surface area contributed by atoms with E-state index in [4.69, 9.17) is 16.3 Å². The van der Waals surface area contributed by atoms with Crippen LogP contribution in [0.3, 0.4) is 0 Å². The van der Waals surface area contributed by atoms with Crippen molar-refractivity contribution in [3.63, 3.8) is 0 Å². The Labute approximate surface area is 168 Å². The summed E-state index contributed by atoms with van der Waals surface area (Å²) in [5.74, 6) is 1.55. The van der Waals surface area contributed by atoms with E-state index >= 15 is 0 Å². The summed E-state index contributed by atoms with van der Waals surface area (Å²) in [4.78, 5) is 8.54. The fourth-order valence-corrected chi connectivity index (χ4v) is 3.31. The number of nitrogens with zero attached hydrogens (tertiary/aromatic N) is 4. The van der Waals surface area contributed by atoms with E-state index in [-0.39, 0.29) is 6.10 Å². The van der Waals surface area contributed by atoms with Crippen LogP contribution in [0.1, 0.15) is 24.3 Å². The topological polar surface area (TPSA) is 64.9 Å². The molecule has 0 aliphatic carbocycles. The molecule has 142 valence electrons. The van der Waals surface area contributed by atoms with Gasteiger partial charge in [0, 0.05) is 30.4 Å². The Kier molecular flexibility index (Phi) is 4.88. The molecule has 0 bridgehead atoms. The Morgan fingerprint density at radius 2 is 2.00 bits per heavy atom. The summed E-state index contributed by atoms with van der Waals surface area (Å²) >= 11 is 5.85. The number of nitrogens with one attached hydrogen (secondary N) is 1. The maximum Gasteiger partial charge on any atom is 0.138 e. The van der Waals surface area contributed by atoms with Crippen LogP contribution in [0.25, 0.3) is 10.8 Å². The first-order valence-corrected chi connectivity index (χ1v) is 9.31. The summed E-state index contributed by atoms with van der Waals surface area (Å²) < 4.78 is 7.96. The van der Waals surface area contributed by atoms with Gasteiger partial charge in [0.2, 0.25) is 0 Å². The number of hydrogen-bond acceptors (Lipinski definition) is 5. The molecule has 3 aromatic heterocycles. The summed E-state index contributed by atoms with van der Waals surface area (Å²) in [5, 5.41) is 10.2. The van der Waals surface area contributed by atoms with Crippen LogP contribution in [-0.2, 0) is 7.05 Å². The zero-order chi connectivity index (χ0) is 19.7. The van der Waals surface area contributed by atoms with Crippen molar-refractivity contribution >= 4 is 33.9 Å². The first kappa shape index (κ1) is 18.3. The van der Waals surface area contributed by atoms with Gasteiger partial charge in [-0.25, -0.2) is 9.97 Å². The third kappa shape index (κ3) is 3.77. The van der Waals surface area contributed by atoms with Crippen LogP contribution in [0.2, 0.25) is 5.15 Å². The second-order valence-electron chi connectivity index (χ2n) is 6.64. The van der Waals surface area contributed by atoms with Crippen molar-refractivity contribution in [1.29, 1.82) is 0 Å². The van der Waals surface area contributed by atoms with E-state index in [1.807, 2.05) is 57.4 Å². The monoisotopic (exact) mass is 393 g/mol. The van der Waals surface area contributed by atoms with E-state index in [9.17, 15) is 0 Å². The fraction of sp³-hybridized carbons (Fsp3) is 0.190. The maximum absolute atomic E-state index is 6.16. The molecule has 0 unspecified atom stereocenters. The Morgan fingerprint density at radius 1 is 1.14 bits per heavy atom. The number of pyridine rings is 2. The lowest BCUT2D eigenvalue weighted by atomic mass is 10.1. The van der Waals surface area contributed by atoms with Gasteiger partial charge in [-0.05, 0) is 55.6 Å². The first-order chi connectivity index (χ1) is 13.5. The highest BCUT2D eigenvalue weighted by molar-refractivity contribution is 6.29. The molecule has 0 spiro atoms. The number of halogens is 1. The minimum atomic E-state index is -0.0919. The normalized spacial score (nSPS) is 12.1. The first-order valence-electron chi connectivity index (χ1n) is 8.94. The van der Waals surface area contributed by atoms with Gasteiger partial charge in [-0.15, -0.1) is 0 Å². The number of aryl methyl sites for hydroxylation is 2. The number of benzene rings is 1. The SMILES string of the molecule is Cc1nn(C)cc1[C@H](C)Oc1ccc2c(Nc3ccc(Cl)nc3)nccc2c1. The van der Waals surface area contributed by atoms with Gasteiger partial charge in [0.1, 0.15) is 22.8 Å². The molecule has 28 heavy (non-hydrogen) atoms. The second kappa shape index (κ2) is 7.48. The molecule has 0 saturated heterocycles. The Hall–Kier alpha value is -3.12. The highest BCUT2D eigenvalue weighted by atomic mass is 35.5. The molecule has 7 heteroatoms. The van der Waals surface area contributed by atoms with Gasteiger partial charge < -0.3 is 10.1 Å². The van der Waals surface area contributed by atoms with Crippen molar-refractivity contribution in [2.75, 3.05) is 5.32 Å². The highest BCUT2D eigenvalue weighted by Crippen LogP contribution is 2.30. The molecule has 3 heterocycles. The van der Waals surface area contributed by atoms with Crippen LogP contribution < -0.4 is 10.1 Å². The second-order valence-corrected chi connectivity index (χ2v) is 7.03. The molecule has 6 nitrogen and oxygen atoms in total. The molecule has 4 rings (SSSR count). The van der Waals surface area contributed by atoms with Crippen LogP contribution in [0, 0.1) is 6.92 Å². The van der Waals surface area contributed by atoms with E-state index in [0.717, 1.165) is 39.3 Å². The average molecular weight is 394 g/mol. The Bertz CT molecular complexity index is 1120. The minimum Gasteiger partial charge on any atom is -0.486 e. The van der Waals surface area contributed by atoms with Gasteiger partial charge in [0.15, 0.2) is 0 Å². The van der Waals surface area contributed by atoms with Crippen LogP contribution in [0.5, 0.6) is 5.75 Å². The largest absolute Gasteiger partial charge is 0.486 e. The van der Waals surface area contributed by atoms with E-state index in [0.29, 0.717) is 5.15 Å². The molecular weight excluding hydrogens is 374 g/mol. The lowest BCUT2D eigenvalue weighted by Crippen LogP contribution is -2.03. The van der Waals surface area contributed by atoms with Crippen LogP contribution in [-0.4, -0.2) is 19.7 Å². The molecule has 0 fully saturated rings. The van der Waals surface area contributed by atoms with Crippen molar-refractivity contribution in [2.24, 2.45) is 7.05 Å². The summed E-state index contributed by atoms with van der Waals surface area (Å²) in [7, 11) is 1.91. The van der Waals surface area contributed by atoms with Gasteiger partial charge in [-0.3, -0.25) is 4.68 Å². The van der Waals surface area contributed by atoms with Gasteiger partial charge >= 0.3 is 0 Å². The Morgan fingerprint density at radius 3 is 2.71 bits per heavy atom. The molecule has 1 N–H and O–H groups in total. The van der Waals surface area contributed by atoms with Crippen LogP contribution >= 0.6 is 11.6 Å². The number of anilines is 2. The fourth-order valence-electron chi connectivity index (χ4n) is 3.20. The molecule has 4 aromatic rings. The minimum absolute atomic E-state index is 0.0919. The van der Waals surface area contributed by atoms with E-state index in [1.165, 1.54) is 0 Å². The van der Waals surface area contributed by atoms with Crippen molar-refractivity contribution in [2.45, 2.75) is 20.0 Å². The standard InChI is InChI=1S/C21H20ClN5O/c1-13-19(12-27(3)26-13)14(2)28-17-5-6-18-15(10-17)8-9-23-21(18)25-16-4-7-20(22)24-11-16/h4-12,14H,1-3H3,(H,23,25)/t14-/m0/s1. The summed E-state index contributed by atoms with van der Waals surface area (Å²) in [6, 6.07) is 11.6. The molecular formula is C21H20ClN5O. The molecule has 1 atom stereocenters. The molecule has 0 aliphatic heterocycles. The predicted molar refractivity (Wildman–Crippen MR) is 111 cm³/mol. The smallest absolute Gasteiger partial charge is 0.138 e. The number of ether oxygens (including phenoxy) is 1. The van der Waals surface area contributed by atoms with Gasteiger partial charge in [0.25, 0.3) is 0 Å². The zero-order valence-electron chi connectivity index (χ0n) is 15.8. The van der Waals surface area contributed by atoms with E-state index < -0.39 is 0 Å². The lowest BCUT2D eigenvalue weighted by molar-refractivity contribution is 0.226. The van der Waals surface area contributed by atoms with Crippen molar-refractivity contribution in [1.82, 2.24) is 19.7 Å². The number of rotatable bonds is 5. The lowest BCUT2D eigenvalue weighted by Gasteiger charge is -2.15. The molecule has 0 radical (unpaired) electrons. The summed E-state index contributed by atoms with van der Waals surface area (Å²) in [6.45, 7) is 4.02.